The van der Waals surface area contributed by atoms with Gasteiger partial charge in [-0.1, -0.05) is 34.6 Å². The summed E-state index contributed by atoms with van der Waals surface area (Å²) in [6.45, 7) is 12.4. The van der Waals surface area contributed by atoms with Crippen molar-refractivity contribution in [1.29, 1.82) is 0 Å². The number of hydrogen-bond donors (Lipinski definition) is 1. The molecule has 1 aromatic rings. The van der Waals surface area contributed by atoms with E-state index in [4.69, 9.17) is 5.73 Å². The van der Waals surface area contributed by atoms with E-state index in [1.807, 2.05) is 0 Å². The Bertz CT molecular complexity index is 339. The van der Waals surface area contributed by atoms with E-state index in [1.54, 1.807) is 0 Å². The highest BCUT2D eigenvalue weighted by Crippen LogP contribution is 2.26. The lowest BCUT2D eigenvalue weighted by Gasteiger charge is -2.23. The highest BCUT2D eigenvalue weighted by Gasteiger charge is 2.26. The topological polar surface area (TPSA) is 56.7 Å². The van der Waals surface area contributed by atoms with Gasteiger partial charge in [0.25, 0.3) is 0 Å². The van der Waals surface area contributed by atoms with E-state index in [0.717, 1.165) is 24.6 Å². The summed E-state index contributed by atoms with van der Waals surface area (Å²) in [5, 5.41) is 8.51. The van der Waals surface area contributed by atoms with Crippen molar-refractivity contribution >= 4 is 0 Å². The Hall–Kier alpha value is -0.900. The lowest BCUT2D eigenvalue weighted by atomic mass is 9.89. The van der Waals surface area contributed by atoms with Crippen LogP contribution in [0.2, 0.25) is 0 Å². The van der Waals surface area contributed by atoms with Crippen molar-refractivity contribution in [2.24, 2.45) is 11.7 Å². The first-order chi connectivity index (χ1) is 7.42. The summed E-state index contributed by atoms with van der Waals surface area (Å²) in [6.07, 6.45) is 1.05. The molecule has 0 aliphatic heterocycles. The average molecular weight is 224 g/mol. The first kappa shape index (κ1) is 13.2. The second-order valence-electron chi connectivity index (χ2n) is 5.39. The molecule has 0 unspecified atom stereocenters. The minimum atomic E-state index is 0.0648. The molecule has 0 spiro atoms. The van der Waals surface area contributed by atoms with Gasteiger partial charge in [0.05, 0.1) is 6.54 Å². The lowest BCUT2D eigenvalue weighted by Crippen LogP contribution is -2.24. The van der Waals surface area contributed by atoms with Crippen molar-refractivity contribution in [3.05, 3.63) is 11.6 Å². The number of nitrogens with two attached hydrogens (primary N) is 1. The summed E-state index contributed by atoms with van der Waals surface area (Å²) in [5.41, 5.74) is 5.77. The molecule has 0 saturated carbocycles. The molecule has 0 atom stereocenters. The molecule has 1 rings (SSSR count). The third-order valence-corrected chi connectivity index (χ3v) is 3.05. The van der Waals surface area contributed by atoms with Gasteiger partial charge in [-0.2, -0.15) is 0 Å². The van der Waals surface area contributed by atoms with E-state index in [2.05, 4.69) is 49.4 Å². The molecule has 0 saturated heterocycles. The Kier molecular flexibility index (Phi) is 4.08. The highest BCUT2D eigenvalue weighted by atomic mass is 15.3. The Morgan fingerprint density at radius 2 is 1.94 bits per heavy atom. The van der Waals surface area contributed by atoms with E-state index >= 15 is 0 Å². The zero-order chi connectivity index (χ0) is 12.3. The van der Waals surface area contributed by atoms with Gasteiger partial charge in [-0.3, -0.25) is 0 Å². The number of aromatic nitrogens is 3. The van der Waals surface area contributed by atoms with Crippen molar-refractivity contribution in [2.75, 3.05) is 0 Å². The number of rotatable bonds is 5. The molecule has 16 heavy (non-hydrogen) atoms. The fraction of sp³-hybridized carbons (Fsp3) is 0.833. The molecular weight excluding hydrogens is 200 g/mol. The van der Waals surface area contributed by atoms with Crippen molar-refractivity contribution < 1.29 is 0 Å². The van der Waals surface area contributed by atoms with Crippen molar-refractivity contribution in [2.45, 2.75) is 59.5 Å². The van der Waals surface area contributed by atoms with Crippen LogP contribution in [0.25, 0.3) is 0 Å². The van der Waals surface area contributed by atoms with Gasteiger partial charge < -0.3 is 10.3 Å². The second-order valence-corrected chi connectivity index (χ2v) is 5.39. The molecule has 4 nitrogen and oxygen atoms in total. The zero-order valence-electron chi connectivity index (χ0n) is 11.1. The van der Waals surface area contributed by atoms with Gasteiger partial charge in [0.1, 0.15) is 11.6 Å². The van der Waals surface area contributed by atoms with E-state index in [0.29, 0.717) is 12.5 Å². The average Bonchev–Trinajstić information content (AvgIpc) is 2.60. The van der Waals surface area contributed by atoms with Crippen LogP contribution in [0.15, 0.2) is 0 Å². The quantitative estimate of drug-likeness (QED) is 0.833. The fourth-order valence-electron chi connectivity index (χ4n) is 1.70. The zero-order valence-corrected chi connectivity index (χ0v) is 11.1. The maximum atomic E-state index is 5.70. The molecule has 0 radical (unpaired) electrons. The number of hydrogen-bond acceptors (Lipinski definition) is 3. The molecule has 0 aliphatic rings. The minimum absolute atomic E-state index is 0.0648. The molecule has 0 amide bonds. The first-order valence-electron chi connectivity index (χ1n) is 6.05. The van der Waals surface area contributed by atoms with E-state index in [1.165, 1.54) is 0 Å². The highest BCUT2D eigenvalue weighted by molar-refractivity contribution is 5.07. The molecule has 92 valence electrons. The molecule has 1 aromatic heterocycles. The van der Waals surface area contributed by atoms with E-state index in [-0.39, 0.29) is 5.41 Å². The Balaban J connectivity index is 3.14. The predicted molar refractivity (Wildman–Crippen MR) is 66.1 cm³/mol. The predicted octanol–water partition coefficient (Wildman–Crippen LogP) is 2.08. The second kappa shape index (κ2) is 4.95. The third-order valence-electron chi connectivity index (χ3n) is 3.05. The summed E-state index contributed by atoms with van der Waals surface area (Å²) in [6, 6.07) is 0. The van der Waals surface area contributed by atoms with Crippen LogP contribution in [0.5, 0.6) is 0 Å². The summed E-state index contributed by atoms with van der Waals surface area (Å²) < 4.78 is 2.19. The van der Waals surface area contributed by atoms with Gasteiger partial charge in [-0.25, -0.2) is 0 Å². The Morgan fingerprint density at radius 3 is 2.38 bits per heavy atom. The number of nitrogens with zero attached hydrogens (tertiary/aromatic N) is 3. The van der Waals surface area contributed by atoms with Crippen LogP contribution in [0.1, 0.15) is 52.7 Å². The monoisotopic (exact) mass is 224 g/mol. The Labute approximate surface area is 98.2 Å². The van der Waals surface area contributed by atoms with Gasteiger partial charge in [0.2, 0.25) is 0 Å². The van der Waals surface area contributed by atoms with Crippen molar-refractivity contribution in [3.63, 3.8) is 0 Å². The molecule has 1 heterocycles. The van der Waals surface area contributed by atoms with Gasteiger partial charge in [0, 0.05) is 12.0 Å². The first-order valence-corrected chi connectivity index (χ1v) is 6.05. The van der Waals surface area contributed by atoms with Crippen LogP contribution in [-0.2, 0) is 18.5 Å². The van der Waals surface area contributed by atoms with E-state index in [9.17, 15) is 0 Å². The normalized spacial score (nSPS) is 12.4. The molecule has 4 heteroatoms. The largest absolute Gasteiger partial charge is 0.324 e. The summed E-state index contributed by atoms with van der Waals surface area (Å²) >= 11 is 0. The minimum Gasteiger partial charge on any atom is -0.324 e. The summed E-state index contributed by atoms with van der Waals surface area (Å²) in [4.78, 5) is 0. The third kappa shape index (κ3) is 2.61. The SMILES string of the molecule is CCC(C)(C)c1nnc(CN)n1CC(C)C. The lowest BCUT2D eigenvalue weighted by molar-refractivity contribution is 0.411. The molecule has 0 aliphatic carbocycles. The van der Waals surface area contributed by atoms with Crippen LogP contribution in [-0.4, -0.2) is 14.8 Å². The fourth-order valence-corrected chi connectivity index (χ4v) is 1.70. The van der Waals surface area contributed by atoms with Gasteiger partial charge in [0.15, 0.2) is 0 Å². The maximum Gasteiger partial charge on any atom is 0.146 e. The smallest absolute Gasteiger partial charge is 0.146 e. The molecular formula is C12H24N4. The van der Waals surface area contributed by atoms with Crippen LogP contribution in [0.3, 0.4) is 0 Å². The van der Waals surface area contributed by atoms with Crippen LogP contribution in [0.4, 0.5) is 0 Å². The van der Waals surface area contributed by atoms with Crippen molar-refractivity contribution in [3.8, 4) is 0 Å². The van der Waals surface area contributed by atoms with E-state index < -0.39 is 0 Å². The molecule has 0 fully saturated rings. The molecule has 0 aromatic carbocycles. The maximum absolute atomic E-state index is 5.70. The standard InChI is InChI=1S/C12H24N4/c1-6-12(4,5)11-15-14-10(7-13)16(11)8-9(2)3/h9H,6-8,13H2,1-5H3. The molecule has 0 bridgehead atoms. The van der Waals surface area contributed by atoms with Gasteiger partial charge in [-0.15, -0.1) is 10.2 Å². The van der Waals surface area contributed by atoms with Crippen LogP contribution < -0.4 is 5.73 Å². The summed E-state index contributed by atoms with van der Waals surface area (Å²) in [7, 11) is 0. The van der Waals surface area contributed by atoms with Gasteiger partial charge >= 0.3 is 0 Å². The summed E-state index contributed by atoms with van der Waals surface area (Å²) in [5.74, 6) is 2.53. The molecule has 2 N–H and O–H groups in total. The van der Waals surface area contributed by atoms with Gasteiger partial charge in [-0.05, 0) is 12.3 Å². The van der Waals surface area contributed by atoms with Crippen LogP contribution >= 0.6 is 0 Å². The Morgan fingerprint density at radius 1 is 1.31 bits per heavy atom. The van der Waals surface area contributed by atoms with Crippen molar-refractivity contribution in [1.82, 2.24) is 14.8 Å². The van der Waals surface area contributed by atoms with Crippen LogP contribution in [0, 0.1) is 5.92 Å².